The zero-order valence-electron chi connectivity index (χ0n) is 16.9. The van der Waals surface area contributed by atoms with Crippen LogP contribution in [0.1, 0.15) is 46.5 Å². The largest absolute Gasteiger partial charge is 0.483 e. The highest BCUT2D eigenvalue weighted by Crippen LogP contribution is 2.37. The topological polar surface area (TPSA) is 35.5 Å². The van der Waals surface area contributed by atoms with Crippen molar-refractivity contribution >= 4 is 11.5 Å². The number of hydrogen-bond acceptors (Lipinski definition) is 3. The Bertz CT molecular complexity index is 1060. The molecule has 1 aliphatic rings. The van der Waals surface area contributed by atoms with E-state index < -0.39 is 5.60 Å². The molecule has 4 rings (SSSR count). The number of esters is 1. The van der Waals surface area contributed by atoms with E-state index in [1.807, 2.05) is 38.1 Å². The van der Waals surface area contributed by atoms with Crippen LogP contribution in [0.4, 0.5) is 0 Å². The van der Waals surface area contributed by atoms with E-state index in [2.05, 4.69) is 42.5 Å². The molecule has 3 heteroatoms. The Morgan fingerprint density at radius 3 is 2.34 bits per heavy atom. The second-order valence-electron chi connectivity index (χ2n) is 7.69. The first-order valence-corrected chi connectivity index (χ1v) is 9.75. The fourth-order valence-electron chi connectivity index (χ4n) is 3.74. The SMILES string of the molecule is COC(=O)c1ccc(C(C)(C)Oc2ccc3c(c2)C(c2ccccc2)=CC3)cc1. The molecule has 0 bridgehead atoms. The molecule has 3 nitrogen and oxygen atoms in total. The average molecular weight is 384 g/mol. The van der Waals surface area contributed by atoms with E-state index in [0.29, 0.717) is 5.56 Å². The van der Waals surface area contributed by atoms with Crippen molar-refractivity contribution in [2.75, 3.05) is 7.11 Å². The third-order valence-corrected chi connectivity index (χ3v) is 5.36. The Balaban J connectivity index is 1.59. The summed E-state index contributed by atoms with van der Waals surface area (Å²) in [6, 6.07) is 24.1. The van der Waals surface area contributed by atoms with Crippen molar-refractivity contribution in [1.29, 1.82) is 0 Å². The van der Waals surface area contributed by atoms with Crippen LogP contribution >= 0.6 is 0 Å². The number of benzene rings is 3. The van der Waals surface area contributed by atoms with Crippen LogP contribution in [0.25, 0.3) is 5.57 Å². The second-order valence-corrected chi connectivity index (χ2v) is 7.69. The third-order valence-electron chi connectivity index (χ3n) is 5.36. The van der Waals surface area contributed by atoms with Gasteiger partial charge in [-0.1, -0.05) is 54.6 Å². The van der Waals surface area contributed by atoms with Gasteiger partial charge >= 0.3 is 5.97 Å². The summed E-state index contributed by atoms with van der Waals surface area (Å²) in [5, 5.41) is 0. The van der Waals surface area contributed by atoms with E-state index >= 15 is 0 Å². The third kappa shape index (κ3) is 3.81. The molecular weight excluding hydrogens is 360 g/mol. The first-order valence-electron chi connectivity index (χ1n) is 9.75. The van der Waals surface area contributed by atoms with E-state index in [1.54, 1.807) is 12.1 Å². The van der Waals surface area contributed by atoms with Crippen molar-refractivity contribution in [3.05, 3.63) is 107 Å². The molecule has 146 valence electrons. The Morgan fingerprint density at radius 1 is 0.931 bits per heavy atom. The lowest BCUT2D eigenvalue weighted by Crippen LogP contribution is -2.25. The number of ether oxygens (including phenoxy) is 2. The van der Waals surface area contributed by atoms with Gasteiger partial charge in [0.25, 0.3) is 0 Å². The van der Waals surface area contributed by atoms with Gasteiger partial charge in [0.15, 0.2) is 0 Å². The number of carbonyl (C=O) groups excluding carboxylic acids is 1. The van der Waals surface area contributed by atoms with Crippen LogP contribution in [0.15, 0.2) is 78.9 Å². The fourth-order valence-corrected chi connectivity index (χ4v) is 3.74. The minimum Gasteiger partial charge on any atom is -0.483 e. The van der Waals surface area contributed by atoms with Gasteiger partial charge in [-0.25, -0.2) is 4.79 Å². The van der Waals surface area contributed by atoms with Gasteiger partial charge in [-0.15, -0.1) is 0 Å². The molecule has 29 heavy (non-hydrogen) atoms. The lowest BCUT2D eigenvalue weighted by Gasteiger charge is -2.27. The highest BCUT2D eigenvalue weighted by atomic mass is 16.5. The van der Waals surface area contributed by atoms with Crippen molar-refractivity contribution in [1.82, 2.24) is 0 Å². The zero-order valence-corrected chi connectivity index (χ0v) is 16.9. The van der Waals surface area contributed by atoms with Crippen LogP contribution in [0.2, 0.25) is 0 Å². The molecule has 0 aromatic heterocycles. The Hall–Kier alpha value is -3.33. The molecule has 0 saturated heterocycles. The fraction of sp³-hybridized carbons (Fsp3) is 0.192. The van der Waals surface area contributed by atoms with Crippen molar-refractivity contribution in [3.63, 3.8) is 0 Å². The number of carbonyl (C=O) groups is 1. The number of rotatable bonds is 5. The summed E-state index contributed by atoms with van der Waals surface area (Å²) in [6.45, 7) is 4.06. The summed E-state index contributed by atoms with van der Waals surface area (Å²) >= 11 is 0. The van der Waals surface area contributed by atoms with Crippen molar-refractivity contribution in [2.45, 2.75) is 25.9 Å². The molecule has 0 spiro atoms. The maximum Gasteiger partial charge on any atom is 0.337 e. The summed E-state index contributed by atoms with van der Waals surface area (Å²) < 4.78 is 11.2. The predicted octanol–water partition coefficient (Wildman–Crippen LogP) is 5.78. The highest BCUT2D eigenvalue weighted by Gasteiger charge is 2.24. The molecule has 0 heterocycles. The maximum absolute atomic E-state index is 11.7. The van der Waals surface area contributed by atoms with Gasteiger partial charge < -0.3 is 9.47 Å². The van der Waals surface area contributed by atoms with Gasteiger partial charge in [0.05, 0.1) is 12.7 Å². The van der Waals surface area contributed by atoms with E-state index in [0.717, 1.165) is 17.7 Å². The van der Waals surface area contributed by atoms with Crippen LogP contribution < -0.4 is 4.74 Å². The first-order chi connectivity index (χ1) is 14.0. The molecule has 0 saturated carbocycles. The standard InChI is InChI=1S/C26H24O3/c1-26(2,21-13-9-20(10-14-21)25(27)28-3)29-22-15-11-19-12-16-23(24(19)17-22)18-7-5-4-6-8-18/h4-11,13-17H,12H2,1-3H3. The van der Waals surface area contributed by atoms with Crippen molar-refractivity contribution < 1.29 is 14.3 Å². The summed E-state index contributed by atoms with van der Waals surface area (Å²) in [5.74, 6) is 0.489. The molecular formula is C26H24O3. The normalized spacial score (nSPS) is 12.9. The minimum atomic E-state index is -0.544. The summed E-state index contributed by atoms with van der Waals surface area (Å²) in [4.78, 5) is 11.7. The average Bonchev–Trinajstić information content (AvgIpc) is 3.17. The molecule has 0 atom stereocenters. The van der Waals surface area contributed by atoms with Gasteiger partial charge in [0, 0.05) is 0 Å². The smallest absolute Gasteiger partial charge is 0.337 e. The van der Waals surface area contributed by atoms with Crippen LogP contribution in [-0.2, 0) is 16.8 Å². The number of fused-ring (bicyclic) bond motifs is 1. The van der Waals surface area contributed by atoms with Gasteiger partial charge in [-0.05, 0) is 72.4 Å². The number of allylic oxidation sites excluding steroid dienone is 1. The Labute approximate surface area is 171 Å². The summed E-state index contributed by atoms with van der Waals surface area (Å²) in [6.07, 6.45) is 3.22. The maximum atomic E-state index is 11.7. The minimum absolute atomic E-state index is 0.339. The quantitative estimate of drug-likeness (QED) is 0.524. The molecule has 1 aliphatic carbocycles. The van der Waals surface area contributed by atoms with Gasteiger partial charge in [-0.3, -0.25) is 0 Å². The molecule has 3 aromatic carbocycles. The van der Waals surface area contributed by atoms with Crippen LogP contribution in [0.5, 0.6) is 5.75 Å². The molecule has 0 fully saturated rings. The summed E-state index contributed by atoms with van der Waals surface area (Å²) in [7, 11) is 1.38. The van der Waals surface area contributed by atoms with Crippen LogP contribution in [0.3, 0.4) is 0 Å². The second kappa shape index (κ2) is 7.59. The van der Waals surface area contributed by atoms with E-state index in [9.17, 15) is 4.79 Å². The van der Waals surface area contributed by atoms with Crippen LogP contribution in [-0.4, -0.2) is 13.1 Å². The highest BCUT2D eigenvalue weighted by molar-refractivity contribution is 5.89. The van der Waals surface area contributed by atoms with Crippen LogP contribution in [0, 0.1) is 0 Å². The van der Waals surface area contributed by atoms with Crippen molar-refractivity contribution in [2.24, 2.45) is 0 Å². The molecule has 0 N–H and O–H groups in total. The van der Waals surface area contributed by atoms with E-state index in [4.69, 9.17) is 9.47 Å². The van der Waals surface area contributed by atoms with Gasteiger partial charge in [-0.2, -0.15) is 0 Å². The van der Waals surface area contributed by atoms with Gasteiger partial charge in [0.2, 0.25) is 0 Å². The molecule has 3 aromatic rings. The lowest BCUT2D eigenvalue weighted by molar-refractivity contribution is 0.0600. The first kappa shape index (κ1) is 19.0. The van der Waals surface area contributed by atoms with E-state index in [-0.39, 0.29) is 5.97 Å². The Kier molecular flexibility index (Phi) is 4.98. The monoisotopic (exact) mass is 384 g/mol. The molecule has 0 unspecified atom stereocenters. The molecule has 0 aliphatic heterocycles. The van der Waals surface area contributed by atoms with E-state index in [1.165, 1.54) is 29.4 Å². The zero-order chi connectivity index (χ0) is 20.4. The van der Waals surface area contributed by atoms with Gasteiger partial charge in [0.1, 0.15) is 11.4 Å². The van der Waals surface area contributed by atoms with Crippen molar-refractivity contribution in [3.8, 4) is 5.75 Å². The molecule has 0 amide bonds. The number of hydrogen-bond donors (Lipinski definition) is 0. The lowest BCUT2D eigenvalue weighted by atomic mass is 9.96. The predicted molar refractivity (Wildman–Crippen MR) is 115 cm³/mol. The molecule has 0 radical (unpaired) electrons. The Morgan fingerprint density at radius 2 is 1.66 bits per heavy atom. The number of methoxy groups -OCH3 is 1. The summed E-state index contributed by atoms with van der Waals surface area (Å²) in [5.41, 5.74) is 6.00.